The van der Waals surface area contributed by atoms with Gasteiger partial charge in [-0.15, -0.1) is 0 Å². The Bertz CT molecular complexity index is 366. The van der Waals surface area contributed by atoms with Crippen molar-refractivity contribution in [1.29, 1.82) is 0 Å². The Morgan fingerprint density at radius 1 is 1.38 bits per heavy atom. The molecule has 0 spiro atoms. The molecule has 3 nitrogen and oxygen atoms in total. The van der Waals surface area contributed by atoms with Gasteiger partial charge >= 0.3 is 0 Å². The van der Waals surface area contributed by atoms with Crippen LogP contribution in [-0.2, 0) is 17.7 Å². The van der Waals surface area contributed by atoms with Gasteiger partial charge in [-0.25, -0.2) is 4.98 Å². The van der Waals surface area contributed by atoms with Crippen molar-refractivity contribution in [3.05, 3.63) is 17.7 Å². The summed E-state index contributed by atoms with van der Waals surface area (Å²) in [6, 6.07) is 0. The van der Waals surface area contributed by atoms with Crippen molar-refractivity contribution in [3.8, 4) is 0 Å². The molecule has 2 unspecified atom stereocenters. The van der Waals surface area contributed by atoms with Crippen LogP contribution in [-0.4, -0.2) is 16.2 Å². The third-order valence-corrected chi connectivity index (χ3v) is 3.82. The minimum absolute atomic E-state index is 0.257. The van der Waals surface area contributed by atoms with Crippen molar-refractivity contribution < 1.29 is 4.74 Å². The van der Waals surface area contributed by atoms with E-state index in [-0.39, 0.29) is 6.10 Å². The number of hydrogen-bond acceptors (Lipinski definition) is 2. The molecule has 2 aliphatic rings. The van der Waals surface area contributed by atoms with Gasteiger partial charge in [0.15, 0.2) is 0 Å². The lowest BCUT2D eigenvalue weighted by molar-refractivity contribution is 0.00655. The van der Waals surface area contributed by atoms with E-state index in [1.54, 1.807) is 0 Å². The number of aryl methyl sites for hydroxylation is 1. The minimum atomic E-state index is 0.257. The minimum Gasteiger partial charge on any atom is -0.370 e. The highest BCUT2D eigenvalue weighted by Crippen LogP contribution is 2.30. The van der Waals surface area contributed by atoms with Crippen LogP contribution in [0.15, 0.2) is 6.20 Å². The molecule has 0 amide bonds. The summed E-state index contributed by atoms with van der Waals surface area (Å²) in [7, 11) is 0. The molecule has 0 aromatic carbocycles. The lowest BCUT2D eigenvalue weighted by Crippen LogP contribution is -2.23. The van der Waals surface area contributed by atoms with E-state index in [1.165, 1.54) is 37.2 Å². The van der Waals surface area contributed by atoms with Crippen LogP contribution in [0.4, 0.5) is 0 Å². The largest absolute Gasteiger partial charge is 0.370 e. The van der Waals surface area contributed by atoms with Gasteiger partial charge < -0.3 is 9.30 Å². The lowest BCUT2D eigenvalue weighted by atomic mass is 10.00. The van der Waals surface area contributed by atoms with E-state index in [2.05, 4.69) is 22.7 Å². The Kier molecular flexibility index (Phi) is 2.72. The van der Waals surface area contributed by atoms with Gasteiger partial charge in [-0.3, -0.25) is 0 Å². The Balaban J connectivity index is 1.86. The predicted molar refractivity (Wildman–Crippen MR) is 62.3 cm³/mol. The number of ether oxygens (including phenoxy) is 1. The molecule has 3 heteroatoms. The standard InChI is InChI=1S/C13H20N2O/c1-10-5-6-11-8-14-13(15(11)9-10)12-4-2-3-7-16-12/h8,10,12H,2-7,9H2,1H3. The fourth-order valence-electron chi connectivity index (χ4n) is 2.84. The molecule has 3 rings (SSSR count). The van der Waals surface area contributed by atoms with Crippen LogP contribution in [0, 0.1) is 5.92 Å². The first-order valence-electron chi connectivity index (χ1n) is 6.50. The summed E-state index contributed by atoms with van der Waals surface area (Å²) in [6.07, 6.45) is 8.43. The molecule has 1 fully saturated rings. The van der Waals surface area contributed by atoms with Crippen LogP contribution in [0.1, 0.15) is 50.2 Å². The van der Waals surface area contributed by atoms with E-state index >= 15 is 0 Å². The van der Waals surface area contributed by atoms with Crippen LogP contribution in [0.2, 0.25) is 0 Å². The molecule has 0 N–H and O–H groups in total. The second-order valence-corrected chi connectivity index (χ2v) is 5.22. The molecule has 88 valence electrons. The molecule has 0 bridgehead atoms. The number of hydrogen-bond donors (Lipinski definition) is 0. The first kappa shape index (κ1) is 10.3. The van der Waals surface area contributed by atoms with Crippen LogP contribution in [0.3, 0.4) is 0 Å². The molecule has 1 aromatic rings. The quantitative estimate of drug-likeness (QED) is 0.727. The zero-order valence-electron chi connectivity index (χ0n) is 9.98. The Morgan fingerprint density at radius 3 is 3.12 bits per heavy atom. The first-order valence-corrected chi connectivity index (χ1v) is 6.50. The van der Waals surface area contributed by atoms with Crippen molar-refractivity contribution in [2.45, 2.75) is 51.7 Å². The second kappa shape index (κ2) is 4.21. The van der Waals surface area contributed by atoms with E-state index < -0.39 is 0 Å². The summed E-state index contributed by atoms with van der Waals surface area (Å²) in [4.78, 5) is 4.59. The molecular weight excluding hydrogens is 200 g/mol. The summed E-state index contributed by atoms with van der Waals surface area (Å²) < 4.78 is 8.25. The second-order valence-electron chi connectivity index (χ2n) is 5.22. The van der Waals surface area contributed by atoms with Crippen molar-refractivity contribution in [3.63, 3.8) is 0 Å². The number of imidazole rings is 1. The zero-order chi connectivity index (χ0) is 11.0. The Morgan fingerprint density at radius 2 is 2.31 bits per heavy atom. The summed E-state index contributed by atoms with van der Waals surface area (Å²) >= 11 is 0. The molecule has 2 aliphatic heterocycles. The highest BCUT2D eigenvalue weighted by molar-refractivity contribution is 5.10. The maximum absolute atomic E-state index is 5.84. The maximum atomic E-state index is 5.84. The third kappa shape index (κ3) is 1.77. The van der Waals surface area contributed by atoms with Gasteiger partial charge in [0.2, 0.25) is 0 Å². The summed E-state index contributed by atoms with van der Waals surface area (Å²) in [5.74, 6) is 1.96. The van der Waals surface area contributed by atoms with Crippen LogP contribution in [0.25, 0.3) is 0 Å². The summed E-state index contributed by atoms with van der Waals surface area (Å²) in [6.45, 7) is 4.36. The van der Waals surface area contributed by atoms with Crippen molar-refractivity contribution in [2.24, 2.45) is 5.92 Å². The van der Waals surface area contributed by atoms with Gasteiger partial charge in [-0.1, -0.05) is 6.92 Å². The smallest absolute Gasteiger partial charge is 0.138 e. The van der Waals surface area contributed by atoms with Crippen molar-refractivity contribution in [2.75, 3.05) is 6.61 Å². The van der Waals surface area contributed by atoms with Gasteiger partial charge in [0.25, 0.3) is 0 Å². The predicted octanol–water partition coefficient (Wildman–Crippen LogP) is 2.71. The molecule has 0 saturated carbocycles. The van der Waals surface area contributed by atoms with Gasteiger partial charge in [0, 0.05) is 25.0 Å². The number of nitrogens with zero attached hydrogens (tertiary/aromatic N) is 2. The van der Waals surface area contributed by atoms with E-state index in [0.29, 0.717) is 0 Å². The van der Waals surface area contributed by atoms with Gasteiger partial charge in [-0.2, -0.15) is 0 Å². The van der Waals surface area contributed by atoms with E-state index in [9.17, 15) is 0 Å². The van der Waals surface area contributed by atoms with E-state index in [4.69, 9.17) is 4.74 Å². The maximum Gasteiger partial charge on any atom is 0.138 e. The fourth-order valence-corrected chi connectivity index (χ4v) is 2.84. The zero-order valence-corrected chi connectivity index (χ0v) is 9.98. The average Bonchev–Trinajstić information content (AvgIpc) is 2.73. The van der Waals surface area contributed by atoms with Gasteiger partial charge in [-0.05, 0) is 38.0 Å². The van der Waals surface area contributed by atoms with Crippen molar-refractivity contribution >= 4 is 0 Å². The third-order valence-electron chi connectivity index (χ3n) is 3.82. The SMILES string of the molecule is CC1CCc2cnc(C3CCCCO3)n2C1. The first-order chi connectivity index (χ1) is 7.84. The average molecular weight is 220 g/mol. The van der Waals surface area contributed by atoms with Gasteiger partial charge in [0.05, 0.1) is 0 Å². The normalized spacial score (nSPS) is 30.1. The number of aromatic nitrogens is 2. The van der Waals surface area contributed by atoms with Crippen LogP contribution in [0.5, 0.6) is 0 Å². The molecule has 3 heterocycles. The lowest BCUT2D eigenvalue weighted by Gasteiger charge is -2.27. The van der Waals surface area contributed by atoms with Gasteiger partial charge in [0.1, 0.15) is 11.9 Å². The molecule has 1 aromatic heterocycles. The summed E-state index contributed by atoms with van der Waals surface area (Å²) in [5.41, 5.74) is 1.40. The fraction of sp³-hybridized carbons (Fsp3) is 0.769. The molecular formula is C13H20N2O. The highest BCUT2D eigenvalue weighted by Gasteiger charge is 2.25. The number of rotatable bonds is 1. The summed E-state index contributed by atoms with van der Waals surface area (Å²) in [5, 5.41) is 0. The van der Waals surface area contributed by atoms with Crippen molar-refractivity contribution in [1.82, 2.24) is 9.55 Å². The van der Waals surface area contributed by atoms with Crippen LogP contribution < -0.4 is 0 Å². The van der Waals surface area contributed by atoms with Crippen LogP contribution >= 0.6 is 0 Å². The Labute approximate surface area is 96.8 Å². The van der Waals surface area contributed by atoms with E-state index in [1.807, 2.05) is 0 Å². The monoisotopic (exact) mass is 220 g/mol. The molecule has 2 atom stereocenters. The molecule has 0 radical (unpaired) electrons. The Hall–Kier alpha value is -0.830. The molecule has 16 heavy (non-hydrogen) atoms. The number of fused-ring (bicyclic) bond motifs is 1. The highest BCUT2D eigenvalue weighted by atomic mass is 16.5. The molecule has 0 aliphatic carbocycles. The topological polar surface area (TPSA) is 27.1 Å². The van der Waals surface area contributed by atoms with E-state index in [0.717, 1.165) is 25.5 Å². The molecule has 1 saturated heterocycles.